The molecule has 1 aliphatic heterocycles. The number of rotatable bonds is 14. The van der Waals surface area contributed by atoms with Crippen LogP contribution < -0.4 is 0 Å². The number of hydrogen-bond donors (Lipinski definition) is 0. The van der Waals surface area contributed by atoms with Gasteiger partial charge < -0.3 is 14.2 Å². The molecule has 0 aromatic heterocycles. The predicted molar refractivity (Wildman–Crippen MR) is 166 cm³/mol. The topological polar surface area (TPSA) is 102 Å². The lowest BCUT2D eigenvalue weighted by Crippen LogP contribution is -2.62. The van der Waals surface area contributed by atoms with Crippen LogP contribution in [-0.2, 0) is 35.2 Å². The van der Waals surface area contributed by atoms with Crippen LogP contribution in [0.3, 0.4) is 0 Å². The normalized spacial score (nSPS) is 16.4. The van der Waals surface area contributed by atoms with Gasteiger partial charge in [-0.05, 0) is 45.6 Å². The van der Waals surface area contributed by atoms with Crippen LogP contribution in [0.15, 0.2) is 30.3 Å². The fraction of sp³-hybridized carbons (Fsp3) is 0.677. The summed E-state index contributed by atoms with van der Waals surface area (Å²) in [5.41, 5.74) is -0.0482. The van der Waals surface area contributed by atoms with Crippen LogP contribution in [0.4, 0.5) is 4.79 Å². The third-order valence-corrected chi connectivity index (χ3v) is 7.12. The van der Waals surface area contributed by atoms with E-state index in [0.29, 0.717) is 19.3 Å². The van der Waals surface area contributed by atoms with Crippen molar-refractivity contribution in [2.45, 2.75) is 114 Å². The van der Waals surface area contributed by atoms with E-state index >= 15 is 0 Å². The van der Waals surface area contributed by atoms with E-state index in [4.69, 9.17) is 49.0 Å². The van der Waals surface area contributed by atoms with Crippen LogP contribution in [0.25, 0.3) is 0 Å². The van der Waals surface area contributed by atoms with Crippen molar-refractivity contribution in [3.05, 3.63) is 35.9 Å². The van der Waals surface area contributed by atoms with Gasteiger partial charge in [-0.1, -0.05) is 111 Å². The lowest BCUT2D eigenvalue weighted by Gasteiger charge is -2.43. The number of amides is 2. The molecule has 1 aromatic rings. The van der Waals surface area contributed by atoms with Gasteiger partial charge in [-0.3, -0.25) is 9.59 Å². The molecule has 12 heteroatoms. The van der Waals surface area contributed by atoms with E-state index < -0.39 is 51.9 Å². The van der Waals surface area contributed by atoms with Gasteiger partial charge in [-0.2, -0.15) is 0 Å². The zero-order valence-corrected chi connectivity index (χ0v) is 27.9. The van der Waals surface area contributed by atoms with E-state index in [9.17, 15) is 19.2 Å². The minimum atomic E-state index is -1.80. The summed E-state index contributed by atoms with van der Waals surface area (Å²) in [6.07, 6.45) is 5.83. The summed E-state index contributed by atoms with van der Waals surface area (Å²) < 4.78 is 14.5. The fourth-order valence-electron chi connectivity index (χ4n) is 4.76. The number of unbranched alkanes of at least 4 members (excludes halogenated alkanes) is 5. The van der Waals surface area contributed by atoms with E-state index in [-0.39, 0.29) is 26.0 Å². The molecule has 0 saturated carbocycles. The van der Waals surface area contributed by atoms with E-state index in [0.717, 1.165) is 47.7 Å². The molecule has 43 heavy (non-hydrogen) atoms. The first kappa shape index (κ1) is 37.0. The highest BCUT2D eigenvalue weighted by Crippen LogP contribution is 2.29. The summed E-state index contributed by atoms with van der Waals surface area (Å²) in [5, 5.41) is 2.29. The number of halogens is 3. The molecule has 1 heterocycles. The van der Waals surface area contributed by atoms with Crippen molar-refractivity contribution in [1.29, 1.82) is 0 Å². The van der Waals surface area contributed by atoms with E-state index in [2.05, 4.69) is 6.92 Å². The van der Waals surface area contributed by atoms with Crippen LogP contribution >= 0.6 is 34.8 Å². The summed E-state index contributed by atoms with van der Waals surface area (Å²) in [5.74, 6) is -2.81. The van der Waals surface area contributed by atoms with Crippen molar-refractivity contribution in [1.82, 2.24) is 10.0 Å². The molecule has 0 bridgehead atoms. The number of hydrazine groups is 1. The van der Waals surface area contributed by atoms with E-state index in [1.807, 2.05) is 30.3 Å². The largest absolute Gasteiger partial charge is 0.461 e. The Labute approximate surface area is 270 Å². The molecule has 1 fully saturated rings. The van der Waals surface area contributed by atoms with Crippen molar-refractivity contribution < 1.29 is 33.4 Å². The number of carbonyl (C=O) groups excluding carboxylic acids is 4. The maximum atomic E-state index is 14.3. The summed E-state index contributed by atoms with van der Waals surface area (Å²) in [7, 11) is 0. The first-order valence-corrected chi connectivity index (χ1v) is 16.1. The van der Waals surface area contributed by atoms with Crippen molar-refractivity contribution in [2.75, 3.05) is 13.2 Å². The molecule has 2 rings (SSSR count). The molecule has 2 amide bonds. The molecule has 242 valence electrons. The van der Waals surface area contributed by atoms with Crippen LogP contribution in [-0.4, -0.2) is 62.5 Å². The minimum Gasteiger partial charge on any atom is -0.461 e. The van der Waals surface area contributed by atoms with Gasteiger partial charge >= 0.3 is 18.0 Å². The van der Waals surface area contributed by atoms with Crippen molar-refractivity contribution in [3.63, 3.8) is 0 Å². The number of carbonyl (C=O) groups is 4. The molecule has 9 nitrogen and oxygen atoms in total. The number of nitrogens with zero attached hydrogens (tertiary/aromatic N) is 2. The SMILES string of the molecule is CCCCCCCC[C@H](CC(=O)OCC(Cl)(Cl)Cl)C(=O)N1[C@H](C(=O)OC(C)(C)C)CCCN1C(=O)OCc1ccccc1. The van der Waals surface area contributed by atoms with Crippen LogP contribution in [0.2, 0.25) is 0 Å². The molecular weight excluding hydrogens is 619 g/mol. The van der Waals surface area contributed by atoms with Gasteiger partial charge in [0.2, 0.25) is 9.70 Å². The van der Waals surface area contributed by atoms with Gasteiger partial charge in [0.05, 0.1) is 12.3 Å². The highest BCUT2D eigenvalue weighted by atomic mass is 35.6. The van der Waals surface area contributed by atoms with Crippen LogP contribution in [0.1, 0.15) is 97.5 Å². The third-order valence-electron chi connectivity index (χ3n) is 6.79. The summed E-state index contributed by atoms with van der Waals surface area (Å²) in [4.78, 5) is 53.8. The molecular formula is C31H45Cl3N2O7. The smallest absolute Gasteiger partial charge is 0.429 e. The summed E-state index contributed by atoms with van der Waals surface area (Å²) in [6.45, 7) is 6.99. The zero-order valence-electron chi connectivity index (χ0n) is 25.6. The zero-order chi connectivity index (χ0) is 32.0. The number of benzene rings is 1. The Morgan fingerprint density at radius 2 is 1.60 bits per heavy atom. The average Bonchev–Trinajstić information content (AvgIpc) is 2.94. The second kappa shape index (κ2) is 17.9. The van der Waals surface area contributed by atoms with Gasteiger partial charge in [-0.15, -0.1) is 0 Å². The van der Waals surface area contributed by atoms with Gasteiger partial charge in [0, 0.05) is 6.54 Å². The number of esters is 2. The van der Waals surface area contributed by atoms with Crippen molar-refractivity contribution in [2.24, 2.45) is 5.92 Å². The average molecular weight is 664 g/mol. The molecule has 0 spiro atoms. The number of alkyl halides is 3. The lowest BCUT2D eigenvalue weighted by atomic mass is 9.94. The molecule has 1 aliphatic rings. The molecule has 0 N–H and O–H groups in total. The first-order valence-electron chi connectivity index (χ1n) is 15.0. The van der Waals surface area contributed by atoms with Crippen LogP contribution in [0, 0.1) is 5.92 Å². The Morgan fingerprint density at radius 1 is 0.953 bits per heavy atom. The van der Waals surface area contributed by atoms with Crippen molar-refractivity contribution in [3.8, 4) is 0 Å². The highest BCUT2D eigenvalue weighted by Gasteiger charge is 2.44. The van der Waals surface area contributed by atoms with Gasteiger partial charge in [0.25, 0.3) is 0 Å². The molecule has 0 radical (unpaired) electrons. The Bertz CT molecular complexity index is 1040. The van der Waals surface area contributed by atoms with E-state index in [1.165, 1.54) is 0 Å². The second-order valence-electron chi connectivity index (χ2n) is 11.8. The number of ether oxygens (including phenoxy) is 3. The van der Waals surface area contributed by atoms with Gasteiger partial charge in [-0.25, -0.2) is 19.6 Å². The molecule has 0 aliphatic carbocycles. The standard InChI is InChI=1S/C31H45Cl3N2O7/c1-5-6-7-8-9-13-17-24(20-26(37)42-22-31(32,33)34)27(38)36-25(28(39)43-30(2,3)4)18-14-19-35(36)29(40)41-21-23-15-11-10-12-16-23/h10-12,15-16,24-25H,5-9,13-14,17-22H2,1-4H3/t24-,25+/m1/s1. The Morgan fingerprint density at radius 3 is 2.23 bits per heavy atom. The quantitative estimate of drug-likeness (QED) is 0.0877. The predicted octanol–water partition coefficient (Wildman–Crippen LogP) is 7.54. The Kier molecular flexibility index (Phi) is 15.4. The van der Waals surface area contributed by atoms with Gasteiger partial charge in [0.1, 0.15) is 18.8 Å². The molecule has 0 unspecified atom stereocenters. The Balaban J connectivity index is 2.33. The number of hydrogen-bond acceptors (Lipinski definition) is 7. The highest BCUT2D eigenvalue weighted by molar-refractivity contribution is 6.67. The minimum absolute atomic E-state index is 0.0140. The maximum absolute atomic E-state index is 14.3. The van der Waals surface area contributed by atoms with Gasteiger partial charge in [0.15, 0.2) is 6.04 Å². The molecule has 2 atom stereocenters. The monoisotopic (exact) mass is 662 g/mol. The molecule has 1 saturated heterocycles. The van der Waals surface area contributed by atoms with E-state index in [1.54, 1.807) is 20.8 Å². The Hall–Kier alpha value is -2.23. The fourth-order valence-corrected chi connectivity index (χ4v) is 4.92. The summed E-state index contributed by atoms with van der Waals surface area (Å²) >= 11 is 17.2. The maximum Gasteiger partial charge on any atom is 0.429 e. The third kappa shape index (κ3) is 14.0. The molecule has 1 aromatic carbocycles. The van der Waals surface area contributed by atoms with Crippen LogP contribution in [0.5, 0.6) is 0 Å². The second-order valence-corrected chi connectivity index (χ2v) is 14.3. The summed E-state index contributed by atoms with van der Waals surface area (Å²) in [6, 6.07) is 8.06. The van der Waals surface area contributed by atoms with Crippen molar-refractivity contribution >= 4 is 58.7 Å². The lowest BCUT2D eigenvalue weighted by molar-refractivity contribution is -0.183. The first-order chi connectivity index (χ1) is 20.2.